The number of aromatic nitrogens is 1. The zero-order valence-electron chi connectivity index (χ0n) is 16.7. The molecule has 0 aliphatic rings. The van der Waals surface area contributed by atoms with Gasteiger partial charge in [0.05, 0.1) is 13.2 Å². The number of hydrogen-bond donors (Lipinski definition) is 2. The number of guanidine groups is 1. The number of hydrogen-bond acceptors (Lipinski definition) is 5. The van der Waals surface area contributed by atoms with Gasteiger partial charge in [-0.2, -0.15) is 0 Å². The van der Waals surface area contributed by atoms with Gasteiger partial charge in [-0.3, -0.25) is 4.99 Å². The molecule has 1 heterocycles. The Kier molecular flexibility index (Phi) is 7.65. The SMILES string of the molecule is CN=C(NCc1cc(-c2ccccc2)on1)Nc1cccc(OCCCOC)c1. The third-order valence-corrected chi connectivity index (χ3v) is 4.14. The van der Waals surface area contributed by atoms with Gasteiger partial charge in [0.25, 0.3) is 0 Å². The quantitative estimate of drug-likeness (QED) is 0.325. The Balaban J connectivity index is 1.53. The lowest BCUT2D eigenvalue weighted by Crippen LogP contribution is -2.30. The van der Waals surface area contributed by atoms with E-state index < -0.39 is 0 Å². The van der Waals surface area contributed by atoms with Crippen molar-refractivity contribution in [1.29, 1.82) is 0 Å². The number of benzene rings is 2. The zero-order chi connectivity index (χ0) is 20.3. The summed E-state index contributed by atoms with van der Waals surface area (Å²) in [6, 6.07) is 19.6. The van der Waals surface area contributed by atoms with Crippen LogP contribution in [0.2, 0.25) is 0 Å². The minimum atomic E-state index is 0.489. The third-order valence-electron chi connectivity index (χ3n) is 4.14. The predicted octanol–water partition coefficient (Wildman–Crippen LogP) is 3.94. The second-order valence-corrected chi connectivity index (χ2v) is 6.32. The number of ether oxygens (including phenoxy) is 2. The molecule has 0 bridgehead atoms. The average Bonchev–Trinajstić information content (AvgIpc) is 3.24. The maximum absolute atomic E-state index is 5.74. The summed E-state index contributed by atoms with van der Waals surface area (Å²) in [6.45, 7) is 1.78. The fourth-order valence-corrected chi connectivity index (χ4v) is 2.68. The van der Waals surface area contributed by atoms with Crippen LogP contribution in [0.4, 0.5) is 5.69 Å². The molecule has 1 aromatic heterocycles. The molecule has 3 rings (SSSR count). The lowest BCUT2D eigenvalue weighted by Gasteiger charge is -2.12. The Morgan fingerprint density at radius 1 is 1.07 bits per heavy atom. The summed E-state index contributed by atoms with van der Waals surface area (Å²) in [5.74, 6) is 2.17. The van der Waals surface area contributed by atoms with Gasteiger partial charge in [0, 0.05) is 50.6 Å². The topological polar surface area (TPSA) is 80.9 Å². The zero-order valence-corrected chi connectivity index (χ0v) is 16.7. The number of nitrogens with one attached hydrogen (secondary N) is 2. The molecular formula is C22H26N4O3. The first-order chi connectivity index (χ1) is 14.3. The van der Waals surface area contributed by atoms with Crippen molar-refractivity contribution >= 4 is 11.6 Å². The third kappa shape index (κ3) is 6.36. The Hall–Kier alpha value is -3.32. The fourth-order valence-electron chi connectivity index (χ4n) is 2.68. The summed E-state index contributed by atoms with van der Waals surface area (Å²) < 4.78 is 16.2. The monoisotopic (exact) mass is 394 g/mol. The molecule has 0 aliphatic heterocycles. The Bertz CT molecular complexity index is 909. The molecule has 2 N–H and O–H groups in total. The van der Waals surface area contributed by atoms with E-state index >= 15 is 0 Å². The van der Waals surface area contributed by atoms with E-state index in [-0.39, 0.29) is 0 Å². The van der Waals surface area contributed by atoms with Gasteiger partial charge < -0.3 is 24.6 Å². The van der Waals surface area contributed by atoms with E-state index in [4.69, 9.17) is 14.0 Å². The summed E-state index contributed by atoms with van der Waals surface area (Å²) in [5.41, 5.74) is 2.67. The molecule has 0 aliphatic carbocycles. The minimum absolute atomic E-state index is 0.489. The minimum Gasteiger partial charge on any atom is -0.493 e. The van der Waals surface area contributed by atoms with Crippen molar-refractivity contribution < 1.29 is 14.0 Å². The largest absolute Gasteiger partial charge is 0.493 e. The first-order valence-electron chi connectivity index (χ1n) is 9.49. The first kappa shape index (κ1) is 20.4. The number of anilines is 1. The van der Waals surface area contributed by atoms with E-state index in [2.05, 4.69) is 20.8 Å². The van der Waals surface area contributed by atoms with Crippen molar-refractivity contribution in [3.05, 3.63) is 66.4 Å². The van der Waals surface area contributed by atoms with E-state index in [0.717, 1.165) is 34.9 Å². The molecule has 0 spiro atoms. The molecule has 0 saturated heterocycles. The van der Waals surface area contributed by atoms with Crippen molar-refractivity contribution in [1.82, 2.24) is 10.5 Å². The number of aliphatic imine (C=N–C) groups is 1. The van der Waals surface area contributed by atoms with E-state index in [9.17, 15) is 0 Å². The maximum Gasteiger partial charge on any atom is 0.195 e. The van der Waals surface area contributed by atoms with Crippen LogP contribution < -0.4 is 15.4 Å². The van der Waals surface area contributed by atoms with Crippen molar-refractivity contribution in [3.8, 4) is 17.1 Å². The summed E-state index contributed by atoms with van der Waals surface area (Å²) in [7, 11) is 3.41. The second kappa shape index (κ2) is 10.9. The number of nitrogens with zero attached hydrogens (tertiary/aromatic N) is 2. The lowest BCUT2D eigenvalue weighted by molar-refractivity contribution is 0.172. The van der Waals surface area contributed by atoms with Gasteiger partial charge in [0.2, 0.25) is 0 Å². The van der Waals surface area contributed by atoms with Gasteiger partial charge in [-0.05, 0) is 12.1 Å². The molecule has 0 saturated carbocycles. The van der Waals surface area contributed by atoms with Crippen LogP contribution >= 0.6 is 0 Å². The predicted molar refractivity (Wildman–Crippen MR) is 114 cm³/mol. The fraction of sp³-hybridized carbons (Fsp3) is 0.273. The van der Waals surface area contributed by atoms with Gasteiger partial charge in [-0.1, -0.05) is 41.6 Å². The molecule has 0 fully saturated rings. The van der Waals surface area contributed by atoms with Crippen molar-refractivity contribution in [3.63, 3.8) is 0 Å². The molecule has 7 heteroatoms. The molecular weight excluding hydrogens is 368 g/mol. The van der Waals surface area contributed by atoms with Crippen LogP contribution in [0.25, 0.3) is 11.3 Å². The van der Waals surface area contributed by atoms with E-state index in [1.54, 1.807) is 14.2 Å². The van der Waals surface area contributed by atoms with Crippen molar-refractivity contribution in [2.45, 2.75) is 13.0 Å². The maximum atomic E-state index is 5.74. The summed E-state index contributed by atoms with van der Waals surface area (Å²) in [4.78, 5) is 4.26. The van der Waals surface area contributed by atoms with Crippen molar-refractivity contribution in [2.24, 2.45) is 4.99 Å². The molecule has 2 aromatic carbocycles. The summed E-state index contributed by atoms with van der Waals surface area (Å²) in [5, 5.41) is 10.6. The summed E-state index contributed by atoms with van der Waals surface area (Å²) >= 11 is 0. The molecule has 0 amide bonds. The van der Waals surface area contributed by atoms with Gasteiger partial charge in [-0.25, -0.2) is 0 Å². The Labute approximate surface area is 170 Å². The van der Waals surface area contributed by atoms with E-state index in [1.165, 1.54) is 0 Å². The first-order valence-corrected chi connectivity index (χ1v) is 9.49. The molecule has 29 heavy (non-hydrogen) atoms. The van der Waals surface area contributed by atoms with Crippen LogP contribution in [0.15, 0.2) is 70.2 Å². The molecule has 152 valence electrons. The van der Waals surface area contributed by atoms with E-state index in [0.29, 0.717) is 25.7 Å². The van der Waals surface area contributed by atoms with Crippen LogP contribution in [0.3, 0.4) is 0 Å². The Morgan fingerprint density at radius 2 is 1.93 bits per heavy atom. The van der Waals surface area contributed by atoms with Crippen LogP contribution in [-0.4, -0.2) is 38.5 Å². The number of methoxy groups -OCH3 is 1. The van der Waals surface area contributed by atoms with Gasteiger partial charge in [-0.15, -0.1) is 0 Å². The summed E-state index contributed by atoms with van der Waals surface area (Å²) in [6.07, 6.45) is 0.847. The van der Waals surface area contributed by atoms with Gasteiger partial charge >= 0.3 is 0 Å². The van der Waals surface area contributed by atoms with Crippen LogP contribution in [0, 0.1) is 0 Å². The van der Waals surface area contributed by atoms with Gasteiger partial charge in [0.1, 0.15) is 11.4 Å². The van der Waals surface area contributed by atoms with E-state index in [1.807, 2.05) is 60.7 Å². The molecule has 0 atom stereocenters. The molecule has 0 unspecified atom stereocenters. The van der Waals surface area contributed by atoms with Crippen LogP contribution in [-0.2, 0) is 11.3 Å². The highest BCUT2D eigenvalue weighted by molar-refractivity contribution is 5.93. The average molecular weight is 394 g/mol. The number of rotatable bonds is 9. The highest BCUT2D eigenvalue weighted by Crippen LogP contribution is 2.20. The van der Waals surface area contributed by atoms with Crippen molar-refractivity contribution in [2.75, 3.05) is 32.7 Å². The van der Waals surface area contributed by atoms with Crippen LogP contribution in [0.1, 0.15) is 12.1 Å². The molecule has 3 aromatic rings. The normalized spacial score (nSPS) is 11.3. The highest BCUT2D eigenvalue weighted by atomic mass is 16.5. The van der Waals surface area contributed by atoms with Crippen LogP contribution in [0.5, 0.6) is 5.75 Å². The second-order valence-electron chi connectivity index (χ2n) is 6.32. The van der Waals surface area contributed by atoms with Gasteiger partial charge in [0.15, 0.2) is 11.7 Å². The lowest BCUT2D eigenvalue weighted by atomic mass is 10.2. The smallest absolute Gasteiger partial charge is 0.195 e. The highest BCUT2D eigenvalue weighted by Gasteiger charge is 2.07. The molecule has 0 radical (unpaired) electrons. The standard InChI is InChI=1S/C22H26N4O3/c1-23-22(25-18-10-6-11-20(14-18)28-13-7-12-27-2)24-16-19-15-21(29-26-19)17-8-4-3-5-9-17/h3-6,8-11,14-15H,7,12-13,16H2,1-2H3,(H2,23,24,25). The molecule has 7 nitrogen and oxygen atoms in total. The Morgan fingerprint density at radius 3 is 2.72 bits per heavy atom.